The van der Waals surface area contributed by atoms with Gasteiger partial charge in [0.05, 0.1) is 6.10 Å². The molecular formula is C11H14O2. The minimum atomic E-state index is -0.338. The highest BCUT2D eigenvalue weighted by molar-refractivity contribution is 5.55. The number of hydrogen-bond donors (Lipinski definition) is 0. The second-order valence-electron chi connectivity index (χ2n) is 3.03. The molecule has 0 N–H and O–H groups in total. The maximum Gasteiger partial charge on any atom is 0.148 e. The summed E-state index contributed by atoms with van der Waals surface area (Å²) in [5.74, 6) is 0. The second kappa shape index (κ2) is 4.77. The largest absolute Gasteiger partial charge is 0.363 e. The maximum absolute atomic E-state index is 10.3. The summed E-state index contributed by atoms with van der Waals surface area (Å²) in [5.41, 5.74) is 1.09. The SMILES string of the molecule is CC(C=O)OC(C)c1ccccc1. The number of rotatable bonds is 4. The van der Waals surface area contributed by atoms with Gasteiger partial charge >= 0.3 is 0 Å². The smallest absolute Gasteiger partial charge is 0.148 e. The zero-order valence-corrected chi connectivity index (χ0v) is 7.94. The Morgan fingerprint density at radius 3 is 2.38 bits per heavy atom. The maximum atomic E-state index is 10.3. The minimum absolute atomic E-state index is 0.0265. The van der Waals surface area contributed by atoms with Gasteiger partial charge in [-0.3, -0.25) is 0 Å². The molecule has 0 aliphatic rings. The van der Waals surface area contributed by atoms with Crippen LogP contribution in [0.5, 0.6) is 0 Å². The zero-order valence-electron chi connectivity index (χ0n) is 7.94. The van der Waals surface area contributed by atoms with Crippen LogP contribution >= 0.6 is 0 Å². The molecular weight excluding hydrogens is 164 g/mol. The van der Waals surface area contributed by atoms with Crippen molar-refractivity contribution in [3.63, 3.8) is 0 Å². The van der Waals surface area contributed by atoms with Crippen molar-refractivity contribution in [1.82, 2.24) is 0 Å². The highest BCUT2D eigenvalue weighted by Crippen LogP contribution is 2.16. The normalized spacial score (nSPS) is 14.9. The van der Waals surface area contributed by atoms with E-state index in [0.29, 0.717) is 0 Å². The molecule has 1 aromatic rings. The van der Waals surface area contributed by atoms with E-state index in [1.165, 1.54) is 0 Å². The van der Waals surface area contributed by atoms with Crippen LogP contribution in [0.1, 0.15) is 25.5 Å². The van der Waals surface area contributed by atoms with Crippen LogP contribution in [0.3, 0.4) is 0 Å². The molecule has 2 atom stereocenters. The fourth-order valence-electron chi connectivity index (χ4n) is 1.16. The van der Waals surface area contributed by atoms with Crippen molar-refractivity contribution in [3.8, 4) is 0 Å². The van der Waals surface area contributed by atoms with Gasteiger partial charge in [-0.1, -0.05) is 30.3 Å². The van der Waals surface area contributed by atoms with Gasteiger partial charge in [-0.15, -0.1) is 0 Å². The first-order chi connectivity index (χ1) is 6.24. The summed E-state index contributed by atoms with van der Waals surface area (Å²) in [5, 5.41) is 0. The van der Waals surface area contributed by atoms with E-state index in [9.17, 15) is 4.79 Å². The molecule has 0 aromatic heterocycles. The molecule has 0 radical (unpaired) electrons. The molecule has 2 heteroatoms. The van der Waals surface area contributed by atoms with Gasteiger partial charge in [0.15, 0.2) is 0 Å². The van der Waals surface area contributed by atoms with Crippen molar-refractivity contribution in [1.29, 1.82) is 0 Å². The van der Waals surface area contributed by atoms with Crippen LogP contribution in [0.25, 0.3) is 0 Å². The average molecular weight is 178 g/mol. The lowest BCUT2D eigenvalue weighted by atomic mass is 10.1. The Bertz CT molecular complexity index is 256. The number of aldehydes is 1. The van der Waals surface area contributed by atoms with Gasteiger partial charge in [-0.05, 0) is 19.4 Å². The number of benzene rings is 1. The lowest BCUT2D eigenvalue weighted by Crippen LogP contribution is -2.12. The number of hydrogen-bond acceptors (Lipinski definition) is 2. The van der Waals surface area contributed by atoms with Crippen molar-refractivity contribution in [2.24, 2.45) is 0 Å². The summed E-state index contributed by atoms with van der Waals surface area (Å²) in [6.07, 6.45) is 0.441. The first kappa shape index (κ1) is 9.93. The van der Waals surface area contributed by atoms with E-state index in [1.807, 2.05) is 37.3 Å². The summed E-state index contributed by atoms with van der Waals surface area (Å²) in [6.45, 7) is 3.68. The topological polar surface area (TPSA) is 26.3 Å². The molecule has 1 rings (SSSR count). The van der Waals surface area contributed by atoms with Crippen molar-refractivity contribution in [2.45, 2.75) is 26.1 Å². The van der Waals surface area contributed by atoms with Gasteiger partial charge in [-0.25, -0.2) is 0 Å². The van der Waals surface area contributed by atoms with Crippen molar-refractivity contribution >= 4 is 6.29 Å². The van der Waals surface area contributed by atoms with Gasteiger partial charge in [0.1, 0.15) is 12.4 Å². The minimum Gasteiger partial charge on any atom is -0.363 e. The van der Waals surface area contributed by atoms with E-state index in [4.69, 9.17) is 4.74 Å². The Labute approximate surface area is 78.5 Å². The Morgan fingerprint density at radius 1 is 1.23 bits per heavy atom. The predicted molar refractivity (Wildman–Crippen MR) is 51.5 cm³/mol. The van der Waals surface area contributed by atoms with Gasteiger partial charge in [0.25, 0.3) is 0 Å². The van der Waals surface area contributed by atoms with Gasteiger partial charge in [-0.2, -0.15) is 0 Å². The summed E-state index contributed by atoms with van der Waals surface area (Å²) in [6, 6.07) is 9.85. The first-order valence-corrected chi connectivity index (χ1v) is 4.39. The van der Waals surface area contributed by atoms with Crippen molar-refractivity contribution in [2.75, 3.05) is 0 Å². The highest BCUT2D eigenvalue weighted by atomic mass is 16.5. The molecule has 70 valence electrons. The van der Waals surface area contributed by atoms with Crippen LogP contribution in [-0.4, -0.2) is 12.4 Å². The third-order valence-electron chi connectivity index (χ3n) is 1.88. The Kier molecular flexibility index (Phi) is 3.65. The number of ether oxygens (including phenoxy) is 1. The van der Waals surface area contributed by atoms with Crippen molar-refractivity contribution in [3.05, 3.63) is 35.9 Å². The standard InChI is InChI=1S/C11H14O2/c1-9(8-12)13-10(2)11-6-4-3-5-7-11/h3-10H,1-2H3. The Balaban J connectivity index is 2.58. The van der Waals surface area contributed by atoms with Crippen LogP contribution < -0.4 is 0 Å². The van der Waals surface area contributed by atoms with E-state index in [1.54, 1.807) is 6.92 Å². The third kappa shape index (κ3) is 2.99. The molecule has 0 bridgehead atoms. The highest BCUT2D eigenvalue weighted by Gasteiger charge is 2.08. The van der Waals surface area contributed by atoms with E-state index in [-0.39, 0.29) is 12.2 Å². The van der Waals surface area contributed by atoms with Gasteiger partial charge < -0.3 is 9.53 Å². The molecule has 0 fully saturated rings. The molecule has 0 heterocycles. The Hall–Kier alpha value is -1.15. The molecule has 2 unspecified atom stereocenters. The predicted octanol–water partition coefficient (Wildman–Crippen LogP) is 2.35. The first-order valence-electron chi connectivity index (χ1n) is 4.39. The number of carbonyl (C=O) groups is 1. The summed E-state index contributed by atoms with van der Waals surface area (Å²) >= 11 is 0. The molecule has 0 saturated heterocycles. The molecule has 0 aliphatic heterocycles. The van der Waals surface area contributed by atoms with Crippen LogP contribution in [0.15, 0.2) is 30.3 Å². The van der Waals surface area contributed by atoms with E-state index < -0.39 is 0 Å². The molecule has 0 spiro atoms. The molecule has 13 heavy (non-hydrogen) atoms. The average Bonchev–Trinajstić information content (AvgIpc) is 2.19. The molecule has 0 amide bonds. The third-order valence-corrected chi connectivity index (χ3v) is 1.88. The van der Waals surface area contributed by atoms with Crippen LogP contribution in [0.2, 0.25) is 0 Å². The molecule has 0 aliphatic carbocycles. The van der Waals surface area contributed by atoms with E-state index >= 15 is 0 Å². The fourth-order valence-corrected chi connectivity index (χ4v) is 1.16. The van der Waals surface area contributed by atoms with E-state index in [2.05, 4.69) is 0 Å². The fraction of sp³-hybridized carbons (Fsp3) is 0.364. The van der Waals surface area contributed by atoms with Crippen LogP contribution in [0, 0.1) is 0 Å². The second-order valence-corrected chi connectivity index (χ2v) is 3.03. The van der Waals surface area contributed by atoms with E-state index in [0.717, 1.165) is 11.8 Å². The molecule has 1 aromatic carbocycles. The Morgan fingerprint density at radius 2 is 1.85 bits per heavy atom. The molecule has 2 nitrogen and oxygen atoms in total. The lowest BCUT2D eigenvalue weighted by Gasteiger charge is -2.15. The number of carbonyl (C=O) groups excluding carboxylic acids is 1. The zero-order chi connectivity index (χ0) is 9.68. The van der Waals surface area contributed by atoms with Crippen LogP contribution in [0.4, 0.5) is 0 Å². The van der Waals surface area contributed by atoms with Gasteiger partial charge in [0.2, 0.25) is 0 Å². The summed E-state index contributed by atoms with van der Waals surface area (Å²) < 4.78 is 5.42. The summed E-state index contributed by atoms with van der Waals surface area (Å²) in [7, 11) is 0. The quantitative estimate of drug-likeness (QED) is 0.661. The monoisotopic (exact) mass is 178 g/mol. The summed E-state index contributed by atoms with van der Waals surface area (Å²) in [4.78, 5) is 10.3. The molecule has 0 saturated carbocycles. The van der Waals surface area contributed by atoms with Crippen LogP contribution in [-0.2, 0) is 9.53 Å². The van der Waals surface area contributed by atoms with Gasteiger partial charge in [0, 0.05) is 0 Å². The van der Waals surface area contributed by atoms with Crippen molar-refractivity contribution < 1.29 is 9.53 Å². The lowest BCUT2D eigenvalue weighted by molar-refractivity contribution is -0.120.